The molecule has 2 rings (SSSR count). The van der Waals surface area contributed by atoms with E-state index in [0.29, 0.717) is 6.54 Å². The zero-order chi connectivity index (χ0) is 15.6. The average molecular weight is 317 g/mol. The van der Waals surface area contributed by atoms with Crippen LogP contribution in [0.3, 0.4) is 0 Å². The van der Waals surface area contributed by atoms with Crippen LogP contribution in [-0.4, -0.2) is 68.2 Å². The third kappa shape index (κ3) is 4.01. The quantitative estimate of drug-likeness (QED) is 0.584. The molecule has 8 nitrogen and oxygen atoms in total. The van der Waals surface area contributed by atoms with Crippen LogP contribution >= 0.6 is 0 Å². The van der Waals surface area contributed by atoms with Crippen LogP contribution in [0, 0.1) is 0 Å². The molecule has 2 N–H and O–H groups in total. The third-order valence-electron chi connectivity index (χ3n) is 3.72. The van der Waals surface area contributed by atoms with Gasteiger partial charge in [-0.25, -0.2) is 8.42 Å². The van der Waals surface area contributed by atoms with Crippen molar-refractivity contribution in [3.63, 3.8) is 0 Å². The van der Waals surface area contributed by atoms with E-state index < -0.39 is 27.8 Å². The Morgan fingerprint density at radius 3 is 2.81 bits per heavy atom. The van der Waals surface area contributed by atoms with E-state index in [-0.39, 0.29) is 42.6 Å². The molecular formula is C12H19N3O5S. The molecule has 0 saturated carbocycles. The van der Waals surface area contributed by atoms with Crippen molar-refractivity contribution in [1.82, 2.24) is 15.5 Å². The summed E-state index contributed by atoms with van der Waals surface area (Å²) in [6.45, 7) is 0.333. The van der Waals surface area contributed by atoms with Crippen molar-refractivity contribution < 1.29 is 22.8 Å². The van der Waals surface area contributed by atoms with Crippen LogP contribution in [0.15, 0.2) is 0 Å². The molecule has 2 fully saturated rings. The summed E-state index contributed by atoms with van der Waals surface area (Å²) in [4.78, 5) is 36.1. The predicted octanol–water partition coefficient (Wildman–Crippen LogP) is -1.97. The van der Waals surface area contributed by atoms with Crippen molar-refractivity contribution in [2.24, 2.45) is 0 Å². The lowest BCUT2D eigenvalue weighted by Crippen LogP contribution is -2.54. The third-order valence-corrected chi connectivity index (χ3v) is 5.45. The average Bonchev–Trinajstić information content (AvgIpc) is 2.38. The van der Waals surface area contributed by atoms with E-state index in [2.05, 4.69) is 10.6 Å². The SMILES string of the molecule is CN1C(=O)CCC(NC(=O)CC2CS(=O)(=O)CCN2)C1=O. The number of nitrogens with one attached hydrogen (secondary N) is 2. The highest BCUT2D eigenvalue weighted by molar-refractivity contribution is 7.91. The van der Waals surface area contributed by atoms with Gasteiger partial charge < -0.3 is 10.6 Å². The molecule has 0 bridgehead atoms. The summed E-state index contributed by atoms with van der Waals surface area (Å²) in [6, 6.07) is -1.14. The topological polar surface area (TPSA) is 113 Å². The molecule has 3 amide bonds. The van der Waals surface area contributed by atoms with E-state index in [9.17, 15) is 22.8 Å². The Morgan fingerprint density at radius 1 is 1.43 bits per heavy atom. The van der Waals surface area contributed by atoms with Gasteiger partial charge in [-0.05, 0) is 6.42 Å². The molecule has 2 unspecified atom stereocenters. The summed E-state index contributed by atoms with van der Waals surface area (Å²) in [6.07, 6.45) is 0.494. The van der Waals surface area contributed by atoms with Crippen molar-refractivity contribution in [3.8, 4) is 0 Å². The lowest BCUT2D eigenvalue weighted by atomic mass is 10.0. The first kappa shape index (κ1) is 15.9. The monoisotopic (exact) mass is 317 g/mol. The van der Waals surface area contributed by atoms with Crippen LogP contribution in [0.5, 0.6) is 0 Å². The van der Waals surface area contributed by atoms with Crippen LogP contribution in [0.4, 0.5) is 0 Å². The number of carbonyl (C=O) groups excluding carboxylic acids is 3. The smallest absolute Gasteiger partial charge is 0.251 e. The fourth-order valence-corrected chi connectivity index (χ4v) is 3.97. The molecule has 0 radical (unpaired) electrons. The molecule has 2 atom stereocenters. The van der Waals surface area contributed by atoms with Gasteiger partial charge in [-0.2, -0.15) is 0 Å². The van der Waals surface area contributed by atoms with E-state index in [0.717, 1.165) is 4.90 Å². The highest BCUT2D eigenvalue weighted by Crippen LogP contribution is 2.12. The minimum atomic E-state index is -3.10. The summed E-state index contributed by atoms with van der Waals surface area (Å²) < 4.78 is 23.0. The van der Waals surface area contributed by atoms with E-state index in [4.69, 9.17) is 0 Å². The lowest BCUT2D eigenvalue weighted by molar-refractivity contribution is -0.149. The number of piperidine rings is 1. The molecule has 21 heavy (non-hydrogen) atoms. The van der Waals surface area contributed by atoms with Crippen molar-refractivity contribution in [2.45, 2.75) is 31.3 Å². The molecule has 0 aliphatic carbocycles. The van der Waals surface area contributed by atoms with Gasteiger partial charge in [0.25, 0.3) is 5.91 Å². The van der Waals surface area contributed by atoms with Crippen LogP contribution < -0.4 is 10.6 Å². The van der Waals surface area contributed by atoms with Gasteiger partial charge in [0, 0.05) is 32.5 Å². The van der Waals surface area contributed by atoms with Gasteiger partial charge in [-0.3, -0.25) is 19.3 Å². The largest absolute Gasteiger partial charge is 0.344 e. The zero-order valence-electron chi connectivity index (χ0n) is 11.8. The first-order valence-electron chi connectivity index (χ1n) is 6.82. The highest BCUT2D eigenvalue weighted by atomic mass is 32.2. The molecule has 2 saturated heterocycles. The van der Waals surface area contributed by atoms with E-state index >= 15 is 0 Å². The van der Waals surface area contributed by atoms with Gasteiger partial charge in [-0.15, -0.1) is 0 Å². The first-order chi connectivity index (χ1) is 9.78. The molecular weight excluding hydrogens is 298 g/mol. The standard InChI is InChI=1S/C12H19N3O5S/c1-15-11(17)3-2-9(12(15)18)14-10(16)6-8-7-21(19,20)5-4-13-8/h8-9,13H,2-7H2,1H3,(H,14,16). The summed E-state index contributed by atoms with van der Waals surface area (Å²) >= 11 is 0. The number of carbonyl (C=O) groups is 3. The van der Waals surface area contributed by atoms with Gasteiger partial charge in [0.1, 0.15) is 6.04 Å². The molecule has 2 heterocycles. The molecule has 9 heteroatoms. The number of likely N-dealkylation sites (tertiary alicyclic amines) is 1. The molecule has 0 spiro atoms. The van der Waals surface area contributed by atoms with Crippen LogP contribution in [0.2, 0.25) is 0 Å². The summed E-state index contributed by atoms with van der Waals surface area (Å²) in [7, 11) is -1.71. The number of amides is 3. The molecule has 2 aliphatic heterocycles. The Hall–Kier alpha value is -1.48. The second-order valence-electron chi connectivity index (χ2n) is 5.42. The number of imide groups is 1. The molecule has 0 aromatic carbocycles. The number of nitrogens with zero attached hydrogens (tertiary/aromatic N) is 1. The summed E-state index contributed by atoms with van der Waals surface area (Å²) in [5.74, 6) is -1.06. The Balaban J connectivity index is 1.87. The Labute approximate surface area is 123 Å². The number of rotatable bonds is 3. The summed E-state index contributed by atoms with van der Waals surface area (Å²) in [5.41, 5.74) is 0. The molecule has 2 aliphatic rings. The van der Waals surface area contributed by atoms with Gasteiger partial charge >= 0.3 is 0 Å². The van der Waals surface area contributed by atoms with Gasteiger partial charge in [0.05, 0.1) is 11.5 Å². The number of sulfone groups is 1. The number of hydrogen-bond acceptors (Lipinski definition) is 6. The maximum Gasteiger partial charge on any atom is 0.251 e. The maximum absolute atomic E-state index is 11.9. The van der Waals surface area contributed by atoms with Gasteiger partial charge in [-0.1, -0.05) is 0 Å². The van der Waals surface area contributed by atoms with Crippen molar-refractivity contribution >= 4 is 27.6 Å². The van der Waals surface area contributed by atoms with Crippen LogP contribution in [0.1, 0.15) is 19.3 Å². The number of likely N-dealkylation sites (N-methyl/N-ethyl adjacent to an activating group) is 1. The van der Waals surface area contributed by atoms with Crippen molar-refractivity contribution in [1.29, 1.82) is 0 Å². The second kappa shape index (κ2) is 6.10. The predicted molar refractivity (Wildman–Crippen MR) is 74.0 cm³/mol. The molecule has 0 aromatic heterocycles. The Bertz CT molecular complexity index is 559. The van der Waals surface area contributed by atoms with Crippen molar-refractivity contribution in [3.05, 3.63) is 0 Å². The fourth-order valence-electron chi connectivity index (χ4n) is 2.53. The van der Waals surface area contributed by atoms with E-state index in [1.165, 1.54) is 7.05 Å². The first-order valence-corrected chi connectivity index (χ1v) is 8.64. The van der Waals surface area contributed by atoms with Crippen LogP contribution in [0.25, 0.3) is 0 Å². The minimum absolute atomic E-state index is 0.000665. The van der Waals surface area contributed by atoms with Crippen molar-refractivity contribution in [2.75, 3.05) is 25.1 Å². The number of hydrogen-bond donors (Lipinski definition) is 2. The van der Waals surface area contributed by atoms with E-state index in [1.807, 2.05) is 0 Å². The second-order valence-corrected chi connectivity index (χ2v) is 7.65. The minimum Gasteiger partial charge on any atom is -0.344 e. The Kier molecular flexibility index (Phi) is 4.62. The maximum atomic E-state index is 11.9. The molecule has 118 valence electrons. The Morgan fingerprint density at radius 2 is 2.14 bits per heavy atom. The van der Waals surface area contributed by atoms with Gasteiger partial charge in [0.2, 0.25) is 11.8 Å². The highest BCUT2D eigenvalue weighted by Gasteiger charge is 2.33. The summed E-state index contributed by atoms with van der Waals surface area (Å²) in [5, 5.41) is 5.56. The van der Waals surface area contributed by atoms with Gasteiger partial charge in [0.15, 0.2) is 9.84 Å². The fraction of sp³-hybridized carbons (Fsp3) is 0.750. The lowest BCUT2D eigenvalue weighted by Gasteiger charge is -2.29. The zero-order valence-corrected chi connectivity index (χ0v) is 12.6. The van der Waals surface area contributed by atoms with E-state index in [1.54, 1.807) is 0 Å². The normalized spacial score (nSPS) is 29.3. The molecule has 0 aromatic rings. The van der Waals surface area contributed by atoms with Crippen LogP contribution in [-0.2, 0) is 24.2 Å².